The maximum Gasteiger partial charge on any atom is 0.303 e. The zero-order valence-electron chi connectivity index (χ0n) is 15.5. The molecule has 0 aliphatic carbocycles. The van der Waals surface area contributed by atoms with E-state index >= 15 is 0 Å². The first-order chi connectivity index (χ1) is 13.7. The third kappa shape index (κ3) is 8.13. The number of hydrogen-bond acceptors (Lipinski definition) is 8. The van der Waals surface area contributed by atoms with Crippen LogP contribution in [0.3, 0.4) is 0 Å². The summed E-state index contributed by atoms with van der Waals surface area (Å²) in [5.74, 6) is -8.92. The maximum atomic E-state index is 11.4. The van der Waals surface area contributed by atoms with E-state index in [2.05, 4.69) is 0 Å². The fourth-order valence-electron chi connectivity index (χ4n) is 3.27. The molecule has 0 radical (unpaired) electrons. The molecule has 1 heterocycles. The fourth-order valence-corrected chi connectivity index (χ4v) is 3.40. The van der Waals surface area contributed by atoms with Gasteiger partial charge < -0.3 is 29.5 Å². The van der Waals surface area contributed by atoms with Crippen molar-refractivity contribution in [3.05, 3.63) is 0 Å². The number of carboxylic acids is 3. The van der Waals surface area contributed by atoms with Crippen LogP contribution in [0.15, 0.2) is 0 Å². The number of alkyl halides is 3. The molecule has 1 aliphatic rings. The van der Waals surface area contributed by atoms with Crippen molar-refractivity contribution >= 4 is 64.6 Å². The molecule has 0 saturated carbocycles. The summed E-state index contributed by atoms with van der Waals surface area (Å²) in [4.78, 5) is 45.3. The lowest BCUT2D eigenvalue weighted by molar-refractivity contribution is -0.242. The molecule has 0 aromatic carbocycles. The highest BCUT2D eigenvalue weighted by molar-refractivity contribution is 6.76. The Labute approximate surface area is 185 Å². The second kappa shape index (κ2) is 11.0. The quantitative estimate of drug-likeness (QED) is 0.161. The molecule has 14 heteroatoms. The van der Waals surface area contributed by atoms with Crippen LogP contribution in [-0.2, 0) is 33.4 Å². The summed E-state index contributed by atoms with van der Waals surface area (Å²) >= 11 is 16.7. The highest BCUT2D eigenvalue weighted by Crippen LogP contribution is 2.43. The van der Waals surface area contributed by atoms with Gasteiger partial charge in [0.05, 0.1) is 18.9 Å². The molecule has 0 spiro atoms. The summed E-state index contributed by atoms with van der Waals surface area (Å²) in [5, 5.41) is 35.5. The highest BCUT2D eigenvalue weighted by Gasteiger charge is 2.50. The molecule has 5 atom stereocenters. The highest BCUT2D eigenvalue weighted by atomic mass is 35.6. The molecule has 0 amide bonds. The molecule has 1 rings (SSSR count). The number of esters is 1. The first-order valence-electron chi connectivity index (χ1n) is 8.49. The number of hydrogen-bond donors (Lipinski definition) is 4. The van der Waals surface area contributed by atoms with E-state index in [0.717, 1.165) is 6.92 Å². The second-order valence-electron chi connectivity index (χ2n) is 6.58. The zero-order chi connectivity index (χ0) is 23.2. The van der Waals surface area contributed by atoms with Crippen molar-refractivity contribution in [3.63, 3.8) is 0 Å². The average molecular weight is 493 g/mol. The lowest BCUT2D eigenvalue weighted by Gasteiger charge is -2.45. The third-order valence-electron chi connectivity index (χ3n) is 4.41. The van der Waals surface area contributed by atoms with Gasteiger partial charge in [0.1, 0.15) is 6.61 Å². The van der Waals surface area contributed by atoms with Gasteiger partial charge in [-0.05, 0) is 5.92 Å². The predicted octanol–water partition coefficient (Wildman–Crippen LogP) is 1.91. The molecule has 1 fully saturated rings. The van der Waals surface area contributed by atoms with Crippen LogP contribution in [-0.4, -0.2) is 67.9 Å². The van der Waals surface area contributed by atoms with Gasteiger partial charge in [0.2, 0.25) is 12.2 Å². The van der Waals surface area contributed by atoms with E-state index in [-0.39, 0.29) is 0 Å². The Morgan fingerprint density at radius 3 is 1.83 bits per heavy atom. The van der Waals surface area contributed by atoms with Gasteiger partial charge in [0, 0.05) is 25.2 Å². The molecular formula is C16H20Cl3NO10. The van der Waals surface area contributed by atoms with Gasteiger partial charge in [0.15, 0.2) is 0 Å². The molecule has 11 nitrogen and oxygen atoms in total. The number of halogens is 3. The van der Waals surface area contributed by atoms with Gasteiger partial charge in [0.25, 0.3) is 3.79 Å². The normalized spacial score (nSPS) is 26.5. The van der Waals surface area contributed by atoms with Gasteiger partial charge in [-0.1, -0.05) is 34.8 Å². The number of carbonyl (C=O) groups excluding carboxylic acids is 1. The lowest BCUT2D eigenvalue weighted by atomic mass is 9.71. The minimum absolute atomic E-state index is 0.454. The molecule has 4 N–H and O–H groups in total. The van der Waals surface area contributed by atoms with E-state index in [9.17, 15) is 34.5 Å². The Kier molecular flexibility index (Phi) is 9.60. The van der Waals surface area contributed by atoms with Gasteiger partial charge in [-0.25, -0.2) is 0 Å². The Morgan fingerprint density at radius 1 is 0.933 bits per heavy atom. The Bertz CT molecular complexity index is 695. The van der Waals surface area contributed by atoms with Crippen molar-refractivity contribution in [2.75, 3.05) is 6.61 Å². The Hall–Kier alpha value is -1.82. The predicted molar refractivity (Wildman–Crippen MR) is 102 cm³/mol. The third-order valence-corrected chi connectivity index (χ3v) is 4.92. The average Bonchev–Trinajstić information content (AvgIpc) is 2.56. The van der Waals surface area contributed by atoms with Crippen molar-refractivity contribution in [2.24, 2.45) is 17.8 Å². The summed E-state index contributed by atoms with van der Waals surface area (Å²) in [5.41, 5.74) is 0. The minimum atomic E-state index is -2.32. The minimum Gasteiger partial charge on any atom is -0.481 e. The van der Waals surface area contributed by atoms with Crippen molar-refractivity contribution < 1.29 is 48.7 Å². The van der Waals surface area contributed by atoms with Crippen LogP contribution in [0.5, 0.6) is 0 Å². The Morgan fingerprint density at radius 2 is 1.40 bits per heavy atom. The molecule has 0 unspecified atom stereocenters. The van der Waals surface area contributed by atoms with Crippen molar-refractivity contribution in [2.45, 2.75) is 42.4 Å². The van der Waals surface area contributed by atoms with Crippen molar-refractivity contribution in [1.29, 1.82) is 5.41 Å². The Balaban J connectivity index is 3.37. The van der Waals surface area contributed by atoms with E-state index in [1.807, 2.05) is 0 Å². The van der Waals surface area contributed by atoms with E-state index < -0.39 is 89.6 Å². The maximum absolute atomic E-state index is 11.4. The number of nitrogens with one attached hydrogen (secondary N) is 1. The summed E-state index contributed by atoms with van der Waals surface area (Å²) in [6.45, 7) is 0.646. The first kappa shape index (κ1) is 26.2. The zero-order valence-corrected chi connectivity index (χ0v) is 17.8. The molecule has 0 aromatic rings. The van der Waals surface area contributed by atoms with E-state index in [1.165, 1.54) is 0 Å². The van der Waals surface area contributed by atoms with Gasteiger partial charge in [-0.2, -0.15) is 0 Å². The monoisotopic (exact) mass is 491 g/mol. The van der Waals surface area contributed by atoms with Crippen LogP contribution in [0.25, 0.3) is 0 Å². The number of carbonyl (C=O) groups is 4. The van der Waals surface area contributed by atoms with Gasteiger partial charge in [-0.3, -0.25) is 24.6 Å². The van der Waals surface area contributed by atoms with E-state index in [1.54, 1.807) is 0 Å². The van der Waals surface area contributed by atoms with Crippen LogP contribution >= 0.6 is 34.8 Å². The number of ether oxygens (including phenoxy) is 3. The van der Waals surface area contributed by atoms with E-state index in [4.69, 9.17) is 54.4 Å². The summed E-state index contributed by atoms with van der Waals surface area (Å²) < 4.78 is 13.4. The summed E-state index contributed by atoms with van der Waals surface area (Å²) in [6.07, 6.45) is -4.64. The van der Waals surface area contributed by atoms with Crippen LogP contribution in [0, 0.1) is 23.2 Å². The number of rotatable bonds is 9. The van der Waals surface area contributed by atoms with Gasteiger partial charge in [-0.15, -0.1) is 0 Å². The van der Waals surface area contributed by atoms with Gasteiger partial charge >= 0.3 is 23.9 Å². The molecule has 30 heavy (non-hydrogen) atoms. The smallest absolute Gasteiger partial charge is 0.303 e. The van der Waals surface area contributed by atoms with Crippen LogP contribution < -0.4 is 0 Å². The molecule has 0 bridgehead atoms. The lowest BCUT2D eigenvalue weighted by Crippen LogP contribution is -2.53. The largest absolute Gasteiger partial charge is 0.481 e. The topological polar surface area (TPSA) is 181 Å². The number of aliphatic carboxylic acids is 3. The molecule has 1 aliphatic heterocycles. The summed E-state index contributed by atoms with van der Waals surface area (Å²) in [7, 11) is 0. The van der Waals surface area contributed by atoms with Crippen LogP contribution in [0.4, 0.5) is 0 Å². The SMILES string of the molecule is CC(=O)OC[C@@H]1O[C@H](OC(=N)C(Cl)(Cl)Cl)[C@H](CC(=O)O)[C@@H](CC(=O)O)[C@H]1CC(=O)O. The molecule has 0 aromatic heterocycles. The molecular weight excluding hydrogens is 473 g/mol. The first-order valence-corrected chi connectivity index (χ1v) is 9.62. The standard InChI is InChI=1S/C16H20Cl3NO10/c1-6(21)28-5-10-8(3-12(24)25)7(2-11(22)23)9(4-13(26)27)14(29-10)30-15(20)16(17,18)19/h7-10,14,20H,2-5H2,1H3,(H,22,23)(H,24,25)(H,26,27)/t7-,8+,9+,10-,14+/m0/s1. The molecule has 170 valence electrons. The summed E-state index contributed by atoms with van der Waals surface area (Å²) in [6, 6.07) is 0. The van der Waals surface area contributed by atoms with Crippen LogP contribution in [0.2, 0.25) is 0 Å². The van der Waals surface area contributed by atoms with Crippen molar-refractivity contribution in [3.8, 4) is 0 Å². The molecule has 1 saturated heterocycles. The van der Waals surface area contributed by atoms with E-state index in [0.29, 0.717) is 0 Å². The fraction of sp³-hybridized carbons (Fsp3) is 0.688. The second-order valence-corrected chi connectivity index (χ2v) is 8.86. The number of carboxylic acid groups (broad SMARTS) is 3. The van der Waals surface area contributed by atoms with Crippen LogP contribution in [0.1, 0.15) is 26.2 Å². The van der Waals surface area contributed by atoms with Crippen molar-refractivity contribution in [1.82, 2.24) is 0 Å².